The van der Waals surface area contributed by atoms with Gasteiger partial charge in [0.2, 0.25) is 0 Å². The van der Waals surface area contributed by atoms with Crippen molar-refractivity contribution in [1.82, 2.24) is 9.97 Å². The van der Waals surface area contributed by atoms with Crippen LogP contribution in [0.2, 0.25) is 0 Å². The number of benzene rings is 1. The highest BCUT2D eigenvalue weighted by atomic mass is 16.5. The molecule has 0 aliphatic carbocycles. The predicted octanol–water partition coefficient (Wildman–Crippen LogP) is 2.10. The normalized spacial score (nSPS) is 9.89. The first kappa shape index (κ1) is 12.8. The van der Waals surface area contributed by atoms with Gasteiger partial charge in [0.25, 0.3) is 5.56 Å². The van der Waals surface area contributed by atoms with E-state index in [-0.39, 0.29) is 5.56 Å². The Balaban J connectivity index is 2.36. The largest absolute Gasteiger partial charge is 0.494 e. The van der Waals surface area contributed by atoms with Crippen molar-refractivity contribution in [2.45, 2.75) is 13.3 Å². The summed E-state index contributed by atoms with van der Waals surface area (Å²) in [4.78, 5) is 17.9. The molecule has 1 aromatic heterocycles. The highest BCUT2D eigenvalue weighted by Gasteiger charge is 2.10. The van der Waals surface area contributed by atoms with Crippen LogP contribution in [0.25, 0.3) is 11.3 Å². The van der Waals surface area contributed by atoms with E-state index in [0.29, 0.717) is 17.9 Å². The fourth-order valence-electron chi connectivity index (χ4n) is 1.65. The molecular formula is C14H13N3O2. The van der Waals surface area contributed by atoms with E-state index in [1.165, 1.54) is 6.33 Å². The second kappa shape index (κ2) is 5.83. The molecule has 2 rings (SSSR count). The Bertz CT molecular complexity index is 654. The molecule has 0 radical (unpaired) electrons. The van der Waals surface area contributed by atoms with Crippen molar-refractivity contribution in [1.29, 1.82) is 5.26 Å². The van der Waals surface area contributed by atoms with Crippen LogP contribution >= 0.6 is 0 Å². The zero-order chi connectivity index (χ0) is 13.7. The molecule has 19 heavy (non-hydrogen) atoms. The van der Waals surface area contributed by atoms with Crippen LogP contribution in [-0.2, 0) is 0 Å². The summed E-state index contributed by atoms with van der Waals surface area (Å²) in [5, 5.41) is 9.00. The summed E-state index contributed by atoms with van der Waals surface area (Å²) in [6.07, 6.45) is 2.23. The maximum Gasteiger partial charge on any atom is 0.269 e. The minimum Gasteiger partial charge on any atom is -0.494 e. The van der Waals surface area contributed by atoms with Gasteiger partial charge in [-0.3, -0.25) is 4.79 Å². The van der Waals surface area contributed by atoms with Crippen LogP contribution in [-0.4, -0.2) is 16.6 Å². The Hall–Kier alpha value is -2.61. The molecule has 0 aliphatic heterocycles. The van der Waals surface area contributed by atoms with E-state index in [1.807, 2.05) is 13.0 Å². The van der Waals surface area contributed by atoms with Crippen molar-refractivity contribution >= 4 is 0 Å². The lowest BCUT2D eigenvalue weighted by Crippen LogP contribution is -2.12. The fourth-order valence-corrected chi connectivity index (χ4v) is 1.65. The minimum absolute atomic E-state index is 0.0183. The quantitative estimate of drug-likeness (QED) is 0.907. The van der Waals surface area contributed by atoms with Crippen LogP contribution in [0.5, 0.6) is 5.75 Å². The Morgan fingerprint density at radius 1 is 1.37 bits per heavy atom. The smallest absolute Gasteiger partial charge is 0.269 e. The molecule has 0 aliphatic rings. The molecule has 5 heteroatoms. The number of H-pyrrole nitrogens is 1. The van der Waals surface area contributed by atoms with Gasteiger partial charge in [0.05, 0.1) is 18.6 Å². The summed E-state index contributed by atoms with van der Waals surface area (Å²) in [5.74, 6) is 0.758. The molecule has 0 saturated heterocycles. The second-order valence-electron chi connectivity index (χ2n) is 3.94. The number of hydrogen-bond acceptors (Lipinski definition) is 4. The van der Waals surface area contributed by atoms with Gasteiger partial charge in [-0.1, -0.05) is 6.92 Å². The molecular weight excluding hydrogens is 242 g/mol. The first-order valence-electron chi connectivity index (χ1n) is 5.97. The van der Waals surface area contributed by atoms with Crippen molar-refractivity contribution < 1.29 is 4.74 Å². The van der Waals surface area contributed by atoms with Gasteiger partial charge in [-0.15, -0.1) is 0 Å². The number of nitrogens with one attached hydrogen (secondary N) is 1. The molecule has 0 fully saturated rings. The third kappa shape index (κ3) is 2.80. The van der Waals surface area contributed by atoms with E-state index in [1.54, 1.807) is 24.3 Å². The third-order valence-corrected chi connectivity index (χ3v) is 2.57. The van der Waals surface area contributed by atoms with Crippen molar-refractivity contribution in [2.24, 2.45) is 0 Å². The molecule has 2 aromatic rings. The van der Waals surface area contributed by atoms with Gasteiger partial charge in [-0.25, -0.2) is 4.98 Å². The van der Waals surface area contributed by atoms with Crippen LogP contribution in [0.15, 0.2) is 35.4 Å². The van der Waals surface area contributed by atoms with Gasteiger partial charge in [0.1, 0.15) is 17.4 Å². The lowest BCUT2D eigenvalue weighted by molar-refractivity contribution is 0.317. The molecule has 0 atom stereocenters. The molecule has 1 N–H and O–H groups in total. The summed E-state index contributed by atoms with van der Waals surface area (Å²) < 4.78 is 5.47. The van der Waals surface area contributed by atoms with E-state index in [2.05, 4.69) is 9.97 Å². The number of ether oxygens (including phenoxy) is 1. The van der Waals surface area contributed by atoms with E-state index < -0.39 is 5.56 Å². The lowest BCUT2D eigenvalue weighted by atomic mass is 10.1. The monoisotopic (exact) mass is 255 g/mol. The van der Waals surface area contributed by atoms with E-state index >= 15 is 0 Å². The Morgan fingerprint density at radius 3 is 2.74 bits per heavy atom. The third-order valence-electron chi connectivity index (χ3n) is 2.57. The van der Waals surface area contributed by atoms with Crippen LogP contribution in [0.1, 0.15) is 18.9 Å². The lowest BCUT2D eigenvalue weighted by Gasteiger charge is -2.06. The highest BCUT2D eigenvalue weighted by molar-refractivity contribution is 5.66. The first-order chi connectivity index (χ1) is 9.26. The molecule has 96 valence electrons. The van der Waals surface area contributed by atoms with Gasteiger partial charge in [-0.05, 0) is 30.7 Å². The van der Waals surface area contributed by atoms with Crippen molar-refractivity contribution in [3.05, 3.63) is 46.5 Å². The summed E-state index contributed by atoms with van der Waals surface area (Å²) in [6, 6.07) is 9.05. The average Bonchev–Trinajstić information content (AvgIpc) is 2.45. The molecule has 0 unspecified atom stereocenters. The summed E-state index contributed by atoms with van der Waals surface area (Å²) in [7, 11) is 0. The minimum atomic E-state index is -0.432. The first-order valence-corrected chi connectivity index (χ1v) is 5.97. The number of hydrogen-bond donors (Lipinski definition) is 1. The molecule has 0 spiro atoms. The van der Waals surface area contributed by atoms with Gasteiger partial charge in [-0.2, -0.15) is 5.26 Å². The topological polar surface area (TPSA) is 78.8 Å². The Morgan fingerprint density at radius 2 is 2.11 bits per heavy atom. The van der Waals surface area contributed by atoms with Gasteiger partial charge >= 0.3 is 0 Å². The maximum atomic E-state index is 11.5. The van der Waals surface area contributed by atoms with Crippen LogP contribution in [0.4, 0.5) is 0 Å². The number of aromatic nitrogens is 2. The van der Waals surface area contributed by atoms with Crippen molar-refractivity contribution in [2.75, 3.05) is 6.61 Å². The fraction of sp³-hybridized carbons (Fsp3) is 0.214. The second-order valence-corrected chi connectivity index (χ2v) is 3.94. The SMILES string of the molecule is CCCOc1ccc(-c2nc[nH]c(=O)c2C#N)cc1. The zero-order valence-electron chi connectivity index (χ0n) is 10.5. The van der Waals surface area contributed by atoms with Crippen molar-refractivity contribution in [3.8, 4) is 23.1 Å². The number of nitriles is 1. The zero-order valence-corrected chi connectivity index (χ0v) is 10.5. The van der Waals surface area contributed by atoms with Crippen LogP contribution in [0.3, 0.4) is 0 Å². The van der Waals surface area contributed by atoms with Crippen LogP contribution in [0, 0.1) is 11.3 Å². The molecule has 0 amide bonds. The maximum absolute atomic E-state index is 11.5. The highest BCUT2D eigenvalue weighted by Crippen LogP contribution is 2.21. The van der Waals surface area contributed by atoms with E-state index in [0.717, 1.165) is 12.2 Å². The number of aromatic amines is 1. The van der Waals surface area contributed by atoms with E-state index in [4.69, 9.17) is 10.00 Å². The van der Waals surface area contributed by atoms with E-state index in [9.17, 15) is 4.79 Å². The molecule has 0 bridgehead atoms. The standard InChI is InChI=1S/C14H13N3O2/c1-2-7-19-11-5-3-10(4-6-11)13-12(8-15)14(18)17-9-16-13/h3-6,9H,2,7H2,1H3,(H,16,17,18). The molecule has 1 aromatic carbocycles. The number of rotatable bonds is 4. The Kier molecular flexibility index (Phi) is 3.94. The Labute approximate surface area is 110 Å². The molecule has 1 heterocycles. The van der Waals surface area contributed by atoms with Gasteiger partial charge in [0, 0.05) is 5.56 Å². The van der Waals surface area contributed by atoms with Gasteiger partial charge < -0.3 is 9.72 Å². The number of nitrogens with zero attached hydrogens (tertiary/aromatic N) is 2. The summed E-state index contributed by atoms with van der Waals surface area (Å²) in [6.45, 7) is 2.69. The van der Waals surface area contributed by atoms with Crippen molar-refractivity contribution in [3.63, 3.8) is 0 Å². The molecule has 5 nitrogen and oxygen atoms in total. The molecule has 0 saturated carbocycles. The summed E-state index contributed by atoms with van der Waals surface area (Å²) >= 11 is 0. The average molecular weight is 255 g/mol. The predicted molar refractivity (Wildman–Crippen MR) is 70.8 cm³/mol. The summed E-state index contributed by atoms with van der Waals surface area (Å²) in [5.41, 5.74) is 0.684. The van der Waals surface area contributed by atoms with Crippen LogP contribution < -0.4 is 10.3 Å². The van der Waals surface area contributed by atoms with Gasteiger partial charge in [0.15, 0.2) is 0 Å².